The van der Waals surface area contributed by atoms with Crippen LogP contribution in [0.1, 0.15) is 11.5 Å². The first-order chi connectivity index (χ1) is 9.33. The third-order valence-electron chi connectivity index (χ3n) is 3.00. The minimum atomic E-state index is 0.483. The van der Waals surface area contributed by atoms with E-state index in [0.717, 1.165) is 17.3 Å². The van der Waals surface area contributed by atoms with Crippen LogP contribution in [0.5, 0.6) is 5.75 Å². The molecule has 0 aliphatic heterocycles. The summed E-state index contributed by atoms with van der Waals surface area (Å²) < 4.78 is 5.16. The first-order valence-corrected chi connectivity index (χ1v) is 7.88. The predicted octanol–water partition coefficient (Wildman–Crippen LogP) is 4.50. The second-order valence-corrected chi connectivity index (χ2v) is 5.74. The van der Waals surface area contributed by atoms with Gasteiger partial charge in [-0.25, -0.2) is 0 Å². The number of thiol groups is 1. The minimum absolute atomic E-state index is 0.483. The number of hydrogen-bond acceptors (Lipinski definition) is 3. The smallest absolute Gasteiger partial charge is 0.118 e. The summed E-state index contributed by atoms with van der Waals surface area (Å²) in [4.78, 5) is 1.27. The van der Waals surface area contributed by atoms with Crippen LogP contribution < -0.4 is 4.74 Å². The Kier molecular flexibility index (Phi) is 5.67. The summed E-state index contributed by atoms with van der Waals surface area (Å²) >= 11 is 6.33. The zero-order valence-corrected chi connectivity index (χ0v) is 12.7. The second kappa shape index (κ2) is 7.51. The molecule has 0 N–H and O–H groups in total. The summed E-state index contributed by atoms with van der Waals surface area (Å²) in [5.41, 5.74) is 1.36. The van der Waals surface area contributed by atoms with Crippen LogP contribution in [0.4, 0.5) is 0 Å². The normalized spacial score (nSPS) is 12.1. The molecule has 1 nitrogen and oxygen atoms in total. The third kappa shape index (κ3) is 4.22. The van der Waals surface area contributed by atoms with Gasteiger partial charge in [0.15, 0.2) is 0 Å². The van der Waals surface area contributed by atoms with E-state index in [4.69, 9.17) is 4.74 Å². The van der Waals surface area contributed by atoms with Gasteiger partial charge in [-0.15, -0.1) is 11.8 Å². The van der Waals surface area contributed by atoms with Gasteiger partial charge >= 0.3 is 0 Å². The zero-order chi connectivity index (χ0) is 13.5. The van der Waals surface area contributed by atoms with Crippen LogP contribution in [0, 0.1) is 0 Å². The molecule has 1 unspecified atom stereocenters. The molecular formula is C16H18OS2. The maximum Gasteiger partial charge on any atom is 0.118 e. The van der Waals surface area contributed by atoms with Crippen LogP contribution in [0.2, 0.25) is 0 Å². The summed E-state index contributed by atoms with van der Waals surface area (Å²) in [7, 11) is 1.69. The summed E-state index contributed by atoms with van der Waals surface area (Å²) in [5, 5.41) is 0. The monoisotopic (exact) mass is 290 g/mol. The standard InChI is InChI=1S/C16H18OS2/c1-17-15-7-9-16(10-8-15)19-12-14(11-18)13-5-3-2-4-6-13/h2-10,14,18H,11-12H2,1H3. The van der Waals surface area contributed by atoms with Crippen molar-refractivity contribution in [1.82, 2.24) is 0 Å². The lowest BCUT2D eigenvalue weighted by Crippen LogP contribution is -2.03. The molecule has 0 amide bonds. The lowest BCUT2D eigenvalue weighted by Gasteiger charge is -2.14. The van der Waals surface area contributed by atoms with E-state index in [1.807, 2.05) is 23.9 Å². The Morgan fingerprint density at radius 1 is 1.05 bits per heavy atom. The number of benzene rings is 2. The Hall–Kier alpha value is -1.06. The number of thioether (sulfide) groups is 1. The van der Waals surface area contributed by atoms with Gasteiger partial charge in [0, 0.05) is 16.6 Å². The maximum atomic E-state index is 5.16. The highest BCUT2D eigenvalue weighted by atomic mass is 32.2. The Balaban J connectivity index is 1.96. The molecule has 2 aromatic rings. The van der Waals surface area contributed by atoms with Crippen LogP contribution in [0.25, 0.3) is 0 Å². The van der Waals surface area contributed by atoms with Gasteiger partial charge < -0.3 is 4.74 Å². The van der Waals surface area contributed by atoms with E-state index in [1.54, 1.807) is 7.11 Å². The molecule has 0 saturated carbocycles. The van der Waals surface area contributed by atoms with Crippen molar-refractivity contribution in [1.29, 1.82) is 0 Å². The van der Waals surface area contributed by atoms with Crippen LogP contribution in [-0.2, 0) is 0 Å². The number of methoxy groups -OCH3 is 1. The van der Waals surface area contributed by atoms with E-state index in [-0.39, 0.29) is 0 Å². The molecular weight excluding hydrogens is 272 g/mol. The topological polar surface area (TPSA) is 9.23 Å². The second-order valence-electron chi connectivity index (χ2n) is 4.28. The lowest BCUT2D eigenvalue weighted by molar-refractivity contribution is 0.414. The van der Waals surface area contributed by atoms with Gasteiger partial charge in [-0.1, -0.05) is 30.3 Å². The van der Waals surface area contributed by atoms with Crippen LogP contribution in [0.3, 0.4) is 0 Å². The molecule has 0 aromatic heterocycles. The average molecular weight is 290 g/mol. The molecule has 3 heteroatoms. The summed E-state index contributed by atoms with van der Waals surface area (Å²) in [6, 6.07) is 18.8. The lowest BCUT2D eigenvalue weighted by atomic mass is 10.0. The predicted molar refractivity (Wildman–Crippen MR) is 86.8 cm³/mol. The van der Waals surface area contributed by atoms with E-state index >= 15 is 0 Å². The van der Waals surface area contributed by atoms with Crippen molar-refractivity contribution >= 4 is 24.4 Å². The Morgan fingerprint density at radius 3 is 2.32 bits per heavy atom. The van der Waals surface area contributed by atoms with Gasteiger partial charge in [0.1, 0.15) is 5.75 Å². The van der Waals surface area contributed by atoms with Gasteiger partial charge in [0.05, 0.1) is 7.11 Å². The highest BCUT2D eigenvalue weighted by Gasteiger charge is 2.09. The summed E-state index contributed by atoms with van der Waals surface area (Å²) in [6.45, 7) is 0. The van der Waals surface area contributed by atoms with E-state index in [2.05, 4.69) is 55.1 Å². The van der Waals surface area contributed by atoms with Crippen molar-refractivity contribution in [2.24, 2.45) is 0 Å². The SMILES string of the molecule is COc1ccc(SCC(CS)c2ccccc2)cc1. The fourth-order valence-corrected chi connectivity index (χ4v) is 3.40. The van der Waals surface area contributed by atoms with Crippen molar-refractivity contribution in [2.75, 3.05) is 18.6 Å². The molecule has 2 rings (SSSR count). The van der Waals surface area contributed by atoms with Crippen molar-refractivity contribution in [3.8, 4) is 5.75 Å². The maximum absolute atomic E-state index is 5.16. The van der Waals surface area contributed by atoms with Gasteiger partial charge in [0.25, 0.3) is 0 Å². The Morgan fingerprint density at radius 2 is 1.74 bits per heavy atom. The molecule has 0 heterocycles. The van der Waals surface area contributed by atoms with Crippen LogP contribution in [0.15, 0.2) is 59.5 Å². The molecule has 100 valence electrons. The highest BCUT2D eigenvalue weighted by Crippen LogP contribution is 2.28. The average Bonchev–Trinajstić information content (AvgIpc) is 2.49. The van der Waals surface area contributed by atoms with E-state index in [1.165, 1.54) is 10.5 Å². The highest BCUT2D eigenvalue weighted by molar-refractivity contribution is 7.99. The fraction of sp³-hybridized carbons (Fsp3) is 0.250. The molecule has 0 aliphatic rings. The van der Waals surface area contributed by atoms with E-state index in [0.29, 0.717) is 5.92 Å². The molecule has 0 bridgehead atoms. The number of ether oxygens (including phenoxy) is 1. The zero-order valence-electron chi connectivity index (χ0n) is 11.0. The van der Waals surface area contributed by atoms with Crippen LogP contribution in [-0.4, -0.2) is 18.6 Å². The van der Waals surface area contributed by atoms with Crippen molar-refractivity contribution in [2.45, 2.75) is 10.8 Å². The quantitative estimate of drug-likeness (QED) is 0.619. The van der Waals surface area contributed by atoms with Gasteiger partial charge in [-0.3, -0.25) is 0 Å². The Labute approximate surface area is 124 Å². The molecule has 0 spiro atoms. The molecule has 1 atom stereocenters. The van der Waals surface area contributed by atoms with Crippen molar-refractivity contribution in [3.63, 3.8) is 0 Å². The molecule has 2 aromatic carbocycles. The fourth-order valence-electron chi connectivity index (χ4n) is 1.85. The first kappa shape index (κ1) is 14.4. The summed E-state index contributed by atoms with van der Waals surface area (Å²) in [5.74, 6) is 3.29. The molecule has 0 saturated heterocycles. The summed E-state index contributed by atoms with van der Waals surface area (Å²) in [6.07, 6.45) is 0. The molecule has 0 fully saturated rings. The van der Waals surface area contributed by atoms with Gasteiger partial charge in [0.2, 0.25) is 0 Å². The van der Waals surface area contributed by atoms with Crippen molar-refractivity contribution in [3.05, 3.63) is 60.2 Å². The first-order valence-electron chi connectivity index (χ1n) is 6.26. The molecule has 19 heavy (non-hydrogen) atoms. The van der Waals surface area contributed by atoms with Gasteiger partial charge in [-0.2, -0.15) is 12.6 Å². The number of rotatable bonds is 6. The largest absolute Gasteiger partial charge is 0.497 e. The molecule has 0 aliphatic carbocycles. The number of hydrogen-bond donors (Lipinski definition) is 1. The van der Waals surface area contributed by atoms with Crippen molar-refractivity contribution < 1.29 is 4.74 Å². The third-order valence-corrected chi connectivity index (χ3v) is 4.62. The molecule has 0 radical (unpaired) electrons. The van der Waals surface area contributed by atoms with E-state index in [9.17, 15) is 0 Å². The Bertz CT molecular complexity index is 482. The van der Waals surface area contributed by atoms with Crippen LogP contribution >= 0.6 is 24.4 Å². The van der Waals surface area contributed by atoms with Gasteiger partial charge in [-0.05, 0) is 35.6 Å². The minimum Gasteiger partial charge on any atom is -0.497 e. The van der Waals surface area contributed by atoms with E-state index < -0.39 is 0 Å².